The van der Waals surface area contributed by atoms with E-state index in [1.54, 1.807) is 36.8 Å². The number of hydrogen-bond donors (Lipinski definition) is 1. The van der Waals surface area contributed by atoms with Gasteiger partial charge in [0.25, 0.3) is 5.91 Å². The third-order valence-corrected chi connectivity index (χ3v) is 3.90. The fourth-order valence-electron chi connectivity index (χ4n) is 2.05. The lowest BCUT2D eigenvalue weighted by atomic mass is 10.2. The highest BCUT2D eigenvalue weighted by atomic mass is 127. The van der Waals surface area contributed by atoms with Crippen molar-refractivity contribution in [3.8, 4) is 5.75 Å². The predicted molar refractivity (Wildman–Crippen MR) is 99.9 cm³/mol. The normalized spacial score (nSPS) is 10.2. The number of nitrogens with one attached hydrogen (secondary N) is 1. The minimum Gasteiger partial charge on any atom is -0.485 e. The van der Waals surface area contributed by atoms with Gasteiger partial charge in [-0.2, -0.15) is 0 Å². The van der Waals surface area contributed by atoms with Gasteiger partial charge in [0.1, 0.15) is 6.61 Å². The van der Waals surface area contributed by atoms with Gasteiger partial charge < -0.3 is 10.1 Å². The molecule has 2 heterocycles. The number of pyridine rings is 2. The number of benzene rings is 1. The maximum atomic E-state index is 12.4. The van der Waals surface area contributed by atoms with Crippen molar-refractivity contribution in [2.45, 2.75) is 6.61 Å². The summed E-state index contributed by atoms with van der Waals surface area (Å²) < 4.78 is 6.77. The SMILES string of the molecule is O=C(Nc1ncccc1OCc1ccncc1)c1cccc(I)c1. The van der Waals surface area contributed by atoms with Crippen LogP contribution in [0, 0.1) is 3.57 Å². The molecule has 0 fully saturated rings. The lowest BCUT2D eigenvalue weighted by molar-refractivity contribution is 0.102. The third kappa shape index (κ3) is 4.29. The lowest BCUT2D eigenvalue weighted by Gasteiger charge is -2.11. The van der Waals surface area contributed by atoms with Crippen LogP contribution in [-0.2, 0) is 6.61 Å². The molecule has 6 heteroatoms. The number of hydrogen-bond acceptors (Lipinski definition) is 4. The number of halogens is 1. The summed E-state index contributed by atoms with van der Waals surface area (Å²) in [5.41, 5.74) is 1.57. The summed E-state index contributed by atoms with van der Waals surface area (Å²) >= 11 is 2.17. The summed E-state index contributed by atoms with van der Waals surface area (Å²) in [7, 11) is 0. The van der Waals surface area contributed by atoms with Gasteiger partial charge in [-0.05, 0) is 70.6 Å². The predicted octanol–water partition coefficient (Wildman–Crippen LogP) is 3.91. The van der Waals surface area contributed by atoms with E-state index in [-0.39, 0.29) is 5.91 Å². The number of amides is 1. The molecule has 0 bridgehead atoms. The van der Waals surface area contributed by atoms with Crippen molar-refractivity contribution >= 4 is 34.3 Å². The average Bonchev–Trinajstić information content (AvgIpc) is 2.62. The van der Waals surface area contributed by atoms with Crippen molar-refractivity contribution in [2.75, 3.05) is 5.32 Å². The lowest BCUT2D eigenvalue weighted by Crippen LogP contribution is -2.14. The Hall–Kier alpha value is -2.48. The first-order valence-corrected chi connectivity index (χ1v) is 8.34. The third-order valence-electron chi connectivity index (χ3n) is 3.23. The number of aromatic nitrogens is 2. The van der Waals surface area contributed by atoms with E-state index in [0.717, 1.165) is 9.13 Å². The van der Waals surface area contributed by atoms with Crippen LogP contribution in [0.3, 0.4) is 0 Å². The van der Waals surface area contributed by atoms with E-state index in [2.05, 4.69) is 37.9 Å². The first-order valence-electron chi connectivity index (χ1n) is 7.26. The van der Waals surface area contributed by atoms with Gasteiger partial charge in [-0.25, -0.2) is 4.98 Å². The molecule has 0 atom stereocenters. The van der Waals surface area contributed by atoms with E-state index >= 15 is 0 Å². The molecule has 1 amide bonds. The zero-order chi connectivity index (χ0) is 16.8. The Morgan fingerprint density at radius 3 is 2.71 bits per heavy atom. The zero-order valence-electron chi connectivity index (χ0n) is 12.6. The van der Waals surface area contributed by atoms with E-state index in [1.807, 2.05) is 30.3 Å². The maximum absolute atomic E-state index is 12.4. The highest BCUT2D eigenvalue weighted by Gasteiger charge is 2.11. The minimum absolute atomic E-state index is 0.221. The Labute approximate surface area is 153 Å². The zero-order valence-corrected chi connectivity index (χ0v) is 14.8. The van der Waals surface area contributed by atoms with Gasteiger partial charge in [-0.15, -0.1) is 0 Å². The van der Waals surface area contributed by atoms with Gasteiger partial charge in [0.2, 0.25) is 0 Å². The molecule has 1 N–H and O–H groups in total. The average molecular weight is 431 g/mol. The van der Waals surface area contributed by atoms with Gasteiger partial charge in [0, 0.05) is 27.7 Å². The van der Waals surface area contributed by atoms with Crippen molar-refractivity contribution in [2.24, 2.45) is 0 Å². The molecule has 0 aliphatic heterocycles. The van der Waals surface area contributed by atoms with Crippen LogP contribution in [0.2, 0.25) is 0 Å². The number of carbonyl (C=O) groups is 1. The van der Waals surface area contributed by atoms with E-state index in [9.17, 15) is 4.79 Å². The first kappa shape index (κ1) is 16.4. The van der Waals surface area contributed by atoms with Gasteiger partial charge in [-0.1, -0.05) is 6.07 Å². The van der Waals surface area contributed by atoms with Crippen LogP contribution in [0.15, 0.2) is 67.1 Å². The Kier molecular flexibility index (Phi) is 5.37. The van der Waals surface area contributed by atoms with Gasteiger partial charge in [0.05, 0.1) is 0 Å². The number of nitrogens with zero attached hydrogens (tertiary/aromatic N) is 2. The summed E-state index contributed by atoms with van der Waals surface area (Å²) in [5.74, 6) is 0.699. The second kappa shape index (κ2) is 7.87. The van der Waals surface area contributed by atoms with E-state index in [4.69, 9.17) is 4.74 Å². The molecule has 0 radical (unpaired) electrons. The molecular weight excluding hydrogens is 417 g/mol. The van der Waals surface area contributed by atoms with Crippen LogP contribution in [0.5, 0.6) is 5.75 Å². The van der Waals surface area contributed by atoms with Crippen molar-refractivity contribution in [3.63, 3.8) is 0 Å². The Morgan fingerprint density at radius 2 is 1.92 bits per heavy atom. The van der Waals surface area contributed by atoms with Crippen molar-refractivity contribution in [1.82, 2.24) is 9.97 Å². The fraction of sp³-hybridized carbons (Fsp3) is 0.0556. The summed E-state index contributed by atoms with van der Waals surface area (Å²) in [6.07, 6.45) is 5.03. The van der Waals surface area contributed by atoms with E-state index in [0.29, 0.717) is 23.7 Å². The van der Waals surface area contributed by atoms with Crippen molar-refractivity contribution < 1.29 is 9.53 Å². The molecule has 5 nitrogen and oxygen atoms in total. The number of carbonyl (C=O) groups excluding carboxylic acids is 1. The monoisotopic (exact) mass is 431 g/mol. The summed E-state index contributed by atoms with van der Waals surface area (Å²) in [6.45, 7) is 0.375. The molecule has 3 aromatic rings. The van der Waals surface area contributed by atoms with Gasteiger partial charge in [0.15, 0.2) is 11.6 Å². The highest BCUT2D eigenvalue weighted by molar-refractivity contribution is 14.1. The van der Waals surface area contributed by atoms with Crippen LogP contribution in [-0.4, -0.2) is 15.9 Å². The molecule has 2 aromatic heterocycles. The molecule has 1 aromatic carbocycles. The topological polar surface area (TPSA) is 64.1 Å². The second-order valence-corrected chi connectivity index (χ2v) is 6.20. The summed E-state index contributed by atoms with van der Waals surface area (Å²) in [6, 6.07) is 14.6. The Balaban J connectivity index is 1.73. The van der Waals surface area contributed by atoms with Crippen LogP contribution in [0.4, 0.5) is 5.82 Å². The summed E-state index contributed by atoms with van der Waals surface area (Å²) in [4.78, 5) is 20.6. The molecule has 120 valence electrons. The van der Waals surface area contributed by atoms with Crippen molar-refractivity contribution in [3.05, 3.63) is 81.8 Å². The number of anilines is 1. The van der Waals surface area contributed by atoms with E-state index in [1.165, 1.54) is 0 Å². The van der Waals surface area contributed by atoms with Crippen LogP contribution in [0.25, 0.3) is 0 Å². The molecule has 0 saturated heterocycles. The fourth-order valence-corrected chi connectivity index (χ4v) is 2.59. The quantitative estimate of drug-likeness (QED) is 0.623. The molecule has 0 unspecified atom stereocenters. The minimum atomic E-state index is -0.221. The van der Waals surface area contributed by atoms with Crippen molar-refractivity contribution in [1.29, 1.82) is 0 Å². The molecule has 0 spiro atoms. The number of rotatable bonds is 5. The molecule has 0 aliphatic rings. The Bertz CT molecular complexity index is 840. The standard InChI is InChI=1S/C18H14IN3O2/c19-15-4-1-3-14(11-15)18(23)22-17-16(5-2-8-21-17)24-12-13-6-9-20-10-7-13/h1-11H,12H2,(H,21,22,23). The molecule has 3 rings (SSSR count). The summed E-state index contributed by atoms with van der Waals surface area (Å²) in [5, 5.41) is 2.80. The van der Waals surface area contributed by atoms with Crippen LogP contribution < -0.4 is 10.1 Å². The van der Waals surface area contributed by atoms with Gasteiger partial charge >= 0.3 is 0 Å². The first-order chi connectivity index (χ1) is 11.7. The second-order valence-electron chi connectivity index (χ2n) is 4.96. The van der Waals surface area contributed by atoms with E-state index < -0.39 is 0 Å². The van der Waals surface area contributed by atoms with Crippen LogP contribution >= 0.6 is 22.6 Å². The van der Waals surface area contributed by atoms with Crippen LogP contribution in [0.1, 0.15) is 15.9 Å². The van der Waals surface area contributed by atoms with Gasteiger partial charge in [-0.3, -0.25) is 9.78 Å². The largest absolute Gasteiger partial charge is 0.485 e. The molecule has 24 heavy (non-hydrogen) atoms. The Morgan fingerprint density at radius 1 is 1.08 bits per heavy atom. The molecular formula is C18H14IN3O2. The molecule has 0 saturated carbocycles. The smallest absolute Gasteiger partial charge is 0.256 e. The highest BCUT2D eigenvalue weighted by Crippen LogP contribution is 2.23. The molecule has 0 aliphatic carbocycles. The maximum Gasteiger partial charge on any atom is 0.256 e. The number of ether oxygens (including phenoxy) is 1.